The average molecular weight is 263 g/mol. The summed E-state index contributed by atoms with van der Waals surface area (Å²) in [6, 6.07) is 2.08. The molecule has 1 fully saturated rings. The highest BCUT2D eigenvalue weighted by Gasteiger charge is 2.17. The third-order valence-corrected chi connectivity index (χ3v) is 3.52. The van der Waals surface area contributed by atoms with Gasteiger partial charge in [-0.1, -0.05) is 13.8 Å². The van der Waals surface area contributed by atoms with Crippen molar-refractivity contribution in [2.24, 2.45) is 0 Å². The summed E-state index contributed by atoms with van der Waals surface area (Å²) in [6.45, 7) is 12.8. The molecule has 0 saturated carbocycles. The lowest BCUT2D eigenvalue weighted by atomic mass is 10.3. The van der Waals surface area contributed by atoms with Gasteiger partial charge in [-0.2, -0.15) is 4.98 Å². The Balaban J connectivity index is 2.05. The fraction of sp³-hybridized carbons (Fsp3) is 0.714. The number of anilines is 2. The fourth-order valence-corrected chi connectivity index (χ4v) is 2.32. The molecule has 1 aromatic rings. The molecule has 0 radical (unpaired) electrons. The van der Waals surface area contributed by atoms with Crippen molar-refractivity contribution in [3.8, 4) is 0 Å². The fourth-order valence-electron chi connectivity index (χ4n) is 2.32. The lowest BCUT2D eigenvalue weighted by Gasteiger charge is -2.34. The highest BCUT2D eigenvalue weighted by atomic mass is 15.3. The second-order valence-corrected chi connectivity index (χ2v) is 5.04. The second-order valence-electron chi connectivity index (χ2n) is 5.04. The van der Waals surface area contributed by atoms with E-state index >= 15 is 0 Å². The van der Waals surface area contributed by atoms with E-state index in [1.54, 1.807) is 0 Å². The molecule has 0 atom stereocenters. The molecule has 0 bridgehead atoms. The number of aryl methyl sites for hydroxylation is 1. The van der Waals surface area contributed by atoms with Crippen LogP contribution in [0.15, 0.2) is 6.07 Å². The Hall–Kier alpha value is -1.36. The van der Waals surface area contributed by atoms with Gasteiger partial charge in [0.15, 0.2) is 0 Å². The summed E-state index contributed by atoms with van der Waals surface area (Å²) >= 11 is 0. The van der Waals surface area contributed by atoms with Gasteiger partial charge in [-0.25, -0.2) is 4.98 Å². The molecule has 19 heavy (non-hydrogen) atoms. The predicted molar refractivity (Wildman–Crippen MR) is 79.9 cm³/mol. The van der Waals surface area contributed by atoms with Gasteiger partial charge in [0.2, 0.25) is 5.95 Å². The van der Waals surface area contributed by atoms with Crippen LogP contribution in [-0.2, 0) is 0 Å². The van der Waals surface area contributed by atoms with E-state index in [0.29, 0.717) is 0 Å². The van der Waals surface area contributed by atoms with Crippen LogP contribution in [0.25, 0.3) is 0 Å². The third-order valence-electron chi connectivity index (χ3n) is 3.52. The number of likely N-dealkylation sites (N-methyl/N-ethyl adjacent to an activating group) is 1. The average Bonchev–Trinajstić information content (AvgIpc) is 2.44. The zero-order valence-corrected chi connectivity index (χ0v) is 12.3. The van der Waals surface area contributed by atoms with Crippen LogP contribution in [0.2, 0.25) is 0 Å². The molecule has 1 aliphatic rings. The van der Waals surface area contributed by atoms with Crippen molar-refractivity contribution in [2.75, 3.05) is 49.5 Å². The van der Waals surface area contributed by atoms with Gasteiger partial charge in [-0.05, 0) is 19.9 Å². The molecule has 1 aromatic heterocycles. The first kappa shape index (κ1) is 14.1. The quantitative estimate of drug-likeness (QED) is 0.877. The zero-order chi connectivity index (χ0) is 13.7. The van der Waals surface area contributed by atoms with Crippen LogP contribution in [0, 0.1) is 6.92 Å². The number of hydrogen-bond acceptors (Lipinski definition) is 5. The molecule has 2 heterocycles. The maximum atomic E-state index is 4.63. The highest BCUT2D eigenvalue weighted by Crippen LogP contribution is 2.16. The molecule has 0 spiro atoms. The van der Waals surface area contributed by atoms with Gasteiger partial charge in [0.25, 0.3) is 0 Å². The van der Waals surface area contributed by atoms with Gasteiger partial charge in [-0.3, -0.25) is 0 Å². The highest BCUT2D eigenvalue weighted by molar-refractivity contribution is 5.45. The summed E-state index contributed by atoms with van der Waals surface area (Å²) in [4.78, 5) is 13.9. The van der Waals surface area contributed by atoms with Gasteiger partial charge in [0, 0.05) is 44.5 Å². The van der Waals surface area contributed by atoms with E-state index in [2.05, 4.69) is 45.0 Å². The summed E-state index contributed by atoms with van der Waals surface area (Å²) in [6.07, 6.45) is 1.09. The van der Waals surface area contributed by atoms with Crippen LogP contribution in [0.4, 0.5) is 11.8 Å². The Bertz CT molecular complexity index is 399. The SMILES string of the molecule is CCCNc1nc(C)cc(N2CCN(CC)CC2)n1. The third kappa shape index (κ3) is 3.80. The van der Waals surface area contributed by atoms with Gasteiger partial charge >= 0.3 is 0 Å². The zero-order valence-electron chi connectivity index (χ0n) is 12.3. The van der Waals surface area contributed by atoms with Crippen LogP contribution in [0.5, 0.6) is 0 Å². The number of nitrogens with zero attached hydrogens (tertiary/aromatic N) is 4. The van der Waals surface area contributed by atoms with Crippen molar-refractivity contribution < 1.29 is 0 Å². The molecule has 0 unspecified atom stereocenters. The minimum Gasteiger partial charge on any atom is -0.354 e. The Labute approximate surface area is 116 Å². The van der Waals surface area contributed by atoms with Crippen molar-refractivity contribution in [3.05, 3.63) is 11.8 Å². The Morgan fingerprint density at radius 2 is 1.89 bits per heavy atom. The summed E-state index contributed by atoms with van der Waals surface area (Å²) in [5.74, 6) is 1.82. The molecule has 1 saturated heterocycles. The number of piperazine rings is 1. The normalized spacial score (nSPS) is 16.7. The van der Waals surface area contributed by atoms with E-state index in [-0.39, 0.29) is 0 Å². The Morgan fingerprint density at radius 3 is 2.53 bits per heavy atom. The van der Waals surface area contributed by atoms with E-state index in [0.717, 1.165) is 63.1 Å². The van der Waals surface area contributed by atoms with Gasteiger partial charge in [0.1, 0.15) is 5.82 Å². The molecule has 2 rings (SSSR count). The van der Waals surface area contributed by atoms with Gasteiger partial charge in [0.05, 0.1) is 0 Å². The minimum absolute atomic E-state index is 0.759. The monoisotopic (exact) mass is 263 g/mol. The molecule has 0 aliphatic carbocycles. The van der Waals surface area contributed by atoms with E-state index in [1.165, 1.54) is 0 Å². The largest absolute Gasteiger partial charge is 0.354 e. The summed E-state index contributed by atoms with van der Waals surface area (Å²) < 4.78 is 0. The molecular weight excluding hydrogens is 238 g/mol. The molecule has 0 aromatic carbocycles. The molecule has 5 heteroatoms. The molecule has 1 N–H and O–H groups in total. The number of hydrogen-bond donors (Lipinski definition) is 1. The summed E-state index contributed by atoms with van der Waals surface area (Å²) in [5.41, 5.74) is 1.03. The molecular formula is C14H25N5. The first-order valence-corrected chi connectivity index (χ1v) is 7.29. The Kier molecular flexibility index (Phi) is 4.96. The van der Waals surface area contributed by atoms with Crippen molar-refractivity contribution in [1.29, 1.82) is 0 Å². The summed E-state index contributed by atoms with van der Waals surface area (Å²) in [7, 11) is 0. The molecule has 1 aliphatic heterocycles. The van der Waals surface area contributed by atoms with Crippen LogP contribution in [0.3, 0.4) is 0 Å². The first-order chi connectivity index (χ1) is 9.22. The number of nitrogens with one attached hydrogen (secondary N) is 1. The molecule has 106 valence electrons. The Morgan fingerprint density at radius 1 is 1.16 bits per heavy atom. The van der Waals surface area contributed by atoms with Gasteiger partial charge in [-0.15, -0.1) is 0 Å². The predicted octanol–water partition coefficient (Wildman–Crippen LogP) is 1.75. The topological polar surface area (TPSA) is 44.3 Å². The second kappa shape index (κ2) is 6.70. The van der Waals surface area contributed by atoms with Crippen LogP contribution in [0.1, 0.15) is 26.0 Å². The lowest BCUT2D eigenvalue weighted by Crippen LogP contribution is -2.46. The van der Waals surface area contributed by atoms with Crippen molar-refractivity contribution in [3.63, 3.8) is 0 Å². The first-order valence-electron chi connectivity index (χ1n) is 7.29. The van der Waals surface area contributed by atoms with Crippen LogP contribution >= 0.6 is 0 Å². The van der Waals surface area contributed by atoms with Crippen molar-refractivity contribution >= 4 is 11.8 Å². The minimum atomic E-state index is 0.759. The molecule has 0 amide bonds. The maximum Gasteiger partial charge on any atom is 0.224 e. The van der Waals surface area contributed by atoms with Crippen molar-refractivity contribution in [2.45, 2.75) is 27.2 Å². The van der Waals surface area contributed by atoms with E-state index < -0.39 is 0 Å². The van der Waals surface area contributed by atoms with E-state index in [4.69, 9.17) is 0 Å². The number of aromatic nitrogens is 2. The summed E-state index contributed by atoms with van der Waals surface area (Å²) in [5, 5.41) is 3.28. The standard InChI is InChI=1S/C14H25N5/c1-4-6-15-14-16-12(3)11-13(17-14)19-9-7-18(5-2)8-10-19/h11H,4-10H2,1-3H3,(H,15,16,17). The van der Waals surface area contributed by atoms with E-state index in [1.807, 2.05) is 6.92 Å². The number of rotatable bonds is 5. The van der Waals surface area contributed by atoms with Crippen LogP contribution < -0.4 is 10.2 Å². The van der Waals surface area contributed by atoms with Gasteiger partial charge < -0.3 is 15.1 Å². The maximum absolute atomic E-state index is 4.63. The lowest BCUT2D eigenvalue weighted by molar-refractivity contribution is 0.270. The van der Waals surface area contributed by atoms with Crippen LogP contribution in [-0.4, -0.2) is 54.1 Å². The molecule has 5 nitrogen and oxygen atoms in total. The van der Waals surface area contributed by atoms with Crippen molar-refractivity contribution in [1.82, 2.24) is 14.9 Å². The smallest absolute Gasteiger partial charge is 0.224 e. The van der Waals surface area contributed by atoms with E-state index in [9.17, 15) is 0 Å².